The van der Waals surface area contributed by atoms with Gasteiger partial charge in [0.1, 0.15) is 5.76 Å². The van der Waals surface area contributed by atoms with Crippen LogP contribution in [0.15, 0.2) is 47.3 Å². The van der Waals surface area contributed by atoms with Crippen LogP contribution in [-0.2, 0) is 13.0 Å². The molecule has 0 radical (unpaired) electrons. The van der Waals surface area contributed by atoms with Crippen molar-refractivity contribution in [2.45, 2.75) is 13.0 Å². The van der Waals surface area contributed by atoms with Crippen LogP contribution in [-0.4, -0.2) is 20.6 Å². The average molecular weight is 256 g/mol. The van der Waals surface area contributed by atoms with E-state index in [1.165, 1.54) is 0 Å². The van der Waals surface area contributed by atoms with Crippen molar-refractivity contribution in [3.63, 3.8) is 0 Å². The van der Waals surface area contributed by atoms with Gasteiger partial charge in [0.25, 0.3) is 0 Å². The standard InChI is InChI=1S/C14H12N2O3/c17-14(18)10-3-4-13-12(8-10)15-9-16(13)6-5-11-2-1-7-19-11/h1-4,7-9H,5-6H2,(H,17,18). The highest BCUT2D eigenvalue weighted by molar-refractivity contribution is 5.92. The van der Waals surface area contributed by atoms with E-state index in [0.29, 0.717) is 5.52 Å². The summed E-state index contributed by atoms with van der Waals surface area (Å²) in [7, 11) is 0. The van der Waals surface area contributed by atoms with Gasteiger partial charge in [0.05, 0.1) is 29.2 Å². The molecule has 0 atom stereocenters. The van der Waals surface area contributed by atoms with Gasteiger partial charge in [-0.3, -0.25) is 0 Å². The smallest absolute Gasteiger partial charge is 0.335 e. The molecule has 0 aliphatic heterocycles. The van der Waals surface area contributed by atoms with E-state index in [1.807, 2.05) is 16.7 Å². The van der Waals surface area contributed by atoms with E-state index in [2.05, 4.69) is 4.98 Å². The predicted octanol–water partition coefficient (Wildman–Crippen LogP) is 2.57. The second-order valence-corrected chi connectivity index (χ2v) is 4.28. The van der Waals surface area contributed by atoms with Crippen LogP contribution in [0.1, 0.15) is 16.1 Å². The minimum absolute atomic E-state index is 0.254. The van der Waals surface area contributed by atoms with Crippen molar-refractivity contribution in [3.8, 4) is 0 Å². The number of aromatic nitrogens is 2. The fourth-order valence-corrected chi connectivity index (χ4v) is 2.06. The molecular weight excluding hydrogens is 244 g/mol. The minimum atomic E-state index is -0.938. The summed E-state index contributed by atoms with van der Waals surface area (Å²) in [5.41, 5.74) is 1.87. The van der Waals surface area contributed by atoms with Gasteiger partial charge in [-0.15, -0.1) is 0 Å². The summed E-state index contributed by atoms with van der Waals surface area (Å²) in [5, 5.41) is 8.93. The Bertz CT molecular complexity index is 713. The number of fused-ring (bicyclic) bond motifs is 1. The molecule has 19 heavy (non-hydrogen) atoms. The minimum Gasteiger partial charge on any atom is -0.478 e. The van der Waals surface area contributed by atoms with Crippen molar-refractivity contribution in [1.82, 2.24) is 9.55 Å². The van der Waals surface area contributed by atoms with Gasteiger partial charge in [-0.25, -0.2) is 9.78 Å². The molecule has 0 fully saturated rings. The van der Waals surface area contributed by atoms with Crippen molar-refractivity contribution in [2.24, 2.45) is 0 Å². The van der Waals surface area contributed by atoms with Gasteiger partial charge in [-0.1, -0.05) is 0 Å². The summed E-state index contributed by atoms with van der Waals surface area (Å²) in [6.45, 7) is 0.746. The Hall–Kier alpha value is -2.56. The fourth-order valence-electron chi connectivity index (χ4n) is 2.06. The third kappa shape index (κ3) is 2.22. The maximum absolute atomic E-state index is 10.9. The number of aryl methyl sites for hydroxylation is 2. The van der Waals surface area contributed by atoms with E-state index in [4.69, 9.17) is 9.52 Å². The van der Waals surface area contributed by atoms with Gasteiger partial charge in [-0.2, -0.15) is 0 Å². The van der Waals surface area contributed by atoms with Crippen molar-refractivity contribution >= 4 is 17.0 Å². The van der Waals surface area contributed by atoms with Gasteiger partial charge in [0.2, 0.25) is 0 Å². The largest absolute Gasteiger partial charge is 0.478 e. The normalized spacial score (nSPS) is 10.9. The highest BCUT2D eigenvalue weighted by atomic mass is 16.4. The first-order valence-corrected chi connectivity index (χ1v) is 5.94. The molecule has 0 bridgehead atoms. The van der Waals surface area contributed by atoms with E-state index >= 15 is 0 Å². The molecule has 96 valence electrons. The van der Waals surface area contributed by atoms with Crippen molar-refractivity contribution in [2.75, 3.05) is 0 Å². The van der Waals surface area contributed by atoms with Crippen molar-refractivity contribution in [1.29, 1.82) is 0 Å². The van der Waals surface area contributed by atoms with Gasteiger partial charge < -0.3 is 14.1 Å². The number of carbonyl (C=O) groups is 1. The monoisotopic (exact) mass is 256 g/mol. The van der Waals surface area contributed by atoms with Crippen molar-refractivity contribution < 1.29 is 14.3 Å². The number of nitrogens with zero attached hydrogens (tertiary/aromatic N) is 2. The molecule has 2 aromatic heterocycles. The van der Waals surface area contributed by atoms with Gasteiger partial charge in [0, 0.05) is 13.0 Å². The zero-order valence-corrected chi connectivity index (χ0v) is 10.1. The number of hydrogen-bond acceptors (Lipinski definition) is 3. The van der Waals surface area contributed by atoms with Crippen LogP contribution in [0.3, 0.4) is 0 Å². The Kier molecular flexibility index (Phi) is 2.79. The van der Waals surface area contributed by atoms with Crippen LogP contribution in [0.5, 0.6) is 0 Å². The number of rotatable bonds is 4. The lowest BCUT2D eigenvalue weighted by Gasteiger charge is -2.02. The highest BCUT2D eigenvalue weighted by Crippen LogP contribution is 2.16. The molecule has 5 nitrogen and oxygen atoms in total. The molecule has 0 amide bonds. The fraction of sp³-hybridized carbons (Fsp3) is 0.143. The number of aromatic carboxylic acids is 1. The number of carboxylic acid groups (broad SMARTS) is 1. The molecule has 1 aromatic carbocycles. The Balaban J connectivity index is 1.86. The zero-order valence-electron chi connectivity index (χ0n) is 10.1. The van der Waals surface area contributed by atoms with Crippen LogP contribution in [0.4, 0.5) is 0 Å². The maximum Gasteiger partial charge on any atom is 0.335 e. The molecule has 0 aliphatic rings. The van der Waals surface area contributed by atoms with Crippen LogP contribution < -0.4 is 0 Å². The molecule has 0 aliphatic carbocycles. The summed E-state index contributed by atoms with van der Waals surface area (Å²) in [6.07, 6.45) is 4.15. The molecule has 0 saturated heterocycles. The lowest BCUT2D eigenvalue weighted by Crippen LogP contribution is -2.00. The summed E-state index contributed by atoms with van der Waals surface area (Å²) in [6, 6.07) is 8.76. The Morgan fingerprint density at radius 2 is 2.26 bits per heavy atom. The second-order valence-electron chi connectivity index (χ2n) is 4.28. The van der Waals surface area contributed by atoms with Crippen LogP contribution in [0.25, 0.3) is 11.0 Å². The summed E-state index contributed by atoms with van der Waals surface area (Å²) in [5.74, 6) is -0.0176. The van der Waals surface area contributed by atoms with E-state index in [0.717, 1.165) is 24.2 Å². The quantitative estimate of drug-likeness (QED) is 0.779. The third-order valence-corrected chi connectivity index (χ3v) is 3.05. The molecule has 5 heteroatoms. The number of imidazole rings is 1. The Labute approximate surface area is 109 Å². The lowest BCUT2D eigenvalue weighted by atomic mass is 10.2. The van der Waals surface area contributed by atoms with E-state index in [9.17, 15) is 4.79 Å². The zero-order chi connectivity index (χ0) is 13.2. The maximum atomic E-state index is 10.9. The highest BCUT2D eigenvalue weighted by Gasteiger charge is 2.08. The summed E-state index contributed by atoms with van der Waals surface area (Å²) < 4.78 is 7.27. The first kappa shape index (κ1) is 11.5. The van der Waals surface area contributed by atoms with Crippen molar-refractivity contribution in [3.05, 3.63) is 54.2 Å². The molecule has 0 unspecified atom stereocenters. The summed E-state index contributed by atoms with van der Waals surface area (Å²) >= 11 is 0. The molecule has 3 rings (SSSR count). The Morgan fingerprint density at radius 1 is 1.37 bits per heavy atom. The first-order valence-electron chi connectivity index (χ1n) is 5.94. The summed E-state index contributed by atoms with van der Waals surface area (Å²) in [4.78, 5) is 15.1. The molecule has 0 spiro atoms. The van der Waals surface area contributed by atoms with E-state index < -0.39 is 5.97 Å². The number of carboxylic acids is 1. The number of hydrogen-bond donors (Lipinski definition) is 1. The molecule has 1 N–H and O–H groups in total. The van der Waals surface area contributed by atoms with Crippen LogP contribution in [0, 0.1) is 0 Å². The predicted molar refractivity (Wildman–Crippen MR) is 69.1 cm³/mol. The first-order chi connectivity index (χ1) is 9.24. The Morgan fingerprint density at radius 3 is 3.00 bits per heavy atom. The molecule has 2 heterocycles. The molecular formula is C14H12N2O3. The van der Waals surface area contributed by atoms with E-state index in [1.54, 1.807) is 30.8 Å². The number of furan rings is 1. The van der Waals surface area contributed by atoms with Gasteiger partial charge in [0.15, 0.2) is 0 Å². The average Bonchev–Trinajstić information content (AvgIpc) is 3.05. The van der Waals surface area contributed by atoms with Crippen LogP contribution >= 0.6 is 0 Å². The lowest BCUT2D eigenvalue weighted by molar-refractivity contribution is 0.0697. The number of benzene rings is 1. The second kappa shape index (κ2) is 4.61. The molecule has 0 saturated carbocycles. The van der Waals surface area contributed by atoms with Gasteiger partial charge >= 0.3 is 5.97 Å². The SMILES string of the molecule is O=C(O)c1ccc2c(c1)ncn2CCc1ccco1. The third-order valence-electron chi connectivity index (χ3n) is 3.05. The van der Waals surface area contributed by atoms with Crippen LogP contribution in [0.2, 0.25) is 0 Å². The topological polar surface area (TPSA) is 68.3 Å². The van der Waals surface area contributed by atoms with E-state index in [-0.39, 0.29) is 5.56 Å². The van der Waals surface area contributed by atoms with Gasteiger partial charge in [-0.05, 0) is 30.3 Å². The molecule has 3 aromatic rings.